The fraction of sp³-hybridized carbons (Fsp3) is 1.00. The summed E-state index contributed by atoms with van der Waals surface area (Å²) < 4.78 is 0. The maximum Gasteiger partial charge on any atom is -0.00187 e. The van der Waals surface area contributed by atoms with Crippen LogP contribution >= 0.6 is 0 Å². The van der Waals surface area contributed by atoms with Crippen LogP contribution in [0.2, 0.25) is 0 Å². The summed E-state index contributed by atoms with van der Waals surface area (Å²) in [5.41, 5.74) is 5.60. The normalized spacial score (nSPS) is 30.0. The van der Waals surface area contributed by atoms with E-state index in [2.05, 4.69) is 11.9 Å². The third-order valence-electron chi connectivity index (χ3n) is 2.40. The quantitative estimate of drug-likeness (QED) is 0.583. The second-order valence-corrected chi connectivity index (χ2v) is 3.34. The van der Waals surface area contributed by atoms with E-state index < -0.39 is 0 Å². The van der Waals surface area contributed by atoms with Crippen LogP contribution in [0.25, 0.3) is 0 Å². The summed E-state index contributed by atoms with van der Waals surface area (Å²) in [5, 5.41) is 0. The third-order valence-corrected chi connectivity index (χ3v) is 2.40. The molecule has 0 saturated carbocycles. The second-order valence-electron chi connectivity index (χ2n) is 3.34. The molecule has 1 atom stereocenters. The van der Waals surface area contributed by atoms with Crippen LogP contribution in [0, 0.1) is 5.92 Å². The Morgan fingerprint density at radius 3 is 2.90 bits per heavy atom. The van der Waals surface area contributed by atoms with Crippen molar-refractivity contribution in [2.24, 2.45) is 11.7 Å². The Kier molecular flexibility index (Phi) is 3.16. The molecule has 0 amide bonds. The van der Waals surface area contributed by atoms with Crippen LogP contribution in [0.4, 0.5) is 0 Å². The molecule has 1 rings (SSSR count). The van der Waals surface area contributed by atoms with Crippen molar-refractivity contribution in [2.75, 3.05) is 26.7 Å². The van der Waals surface area contributed by atoms with E-state index in [1.165, 1.54) is 32.4 Å². The Bertz CT molecular complexity index is 93.3. The van der Waals surface area contributed by atoms with Crippen molar-refractivity contribution < 1.29 is 0 Å². The van der Waals surface area contributed by atoms with E-state index >= 15 is 0 Å². The highest BCUT2D eigenvalue weighted by molar-refractivity contribution is 4.67. The zero-order valence-corrected chi connectivity index (χ0v) is 6.84. The molecule has 0 aromatic carbocycles. The Morgan fingerprint density at radius 1 is 1.40 bits per heavy atom. The molecule has 0 radical (unpaired) electrons. The van der Waals surface area contributed by atoms with Crippen LogP contribution in [0.15, 0.2) is 0 Å². The number of likely N-dealkylation sites (tertiary alicyclic amines) is 1. The van der Waals surface area contributed by atoms with Gasteiger partial charge in [-0.1, -0.05) is 0 Å². The van der Waals surface area contributed by atoms with Crippen LogP contribution in [0.5, 0.6) is 0 Å². The van der Waals surface area contributed by atoms with Gasteiger partial charge in [0.1, 0.15) is 0 Å². The molecule has 0 aromatic heterocycles. The number of nitrogens with zero attached hydrogens (tertiary/aromatic N) is 1. The van der Waals surface area contributed by atoms with Crippen LogP contribution < -0.4 is 5.73 Å². The van der Waals surface area contributed by atoms with Crippen LogP contribution in [-0.2, 0) is 0 Å². The summed E-state index contributed by atoms with van der Waals surface area (Å²) >= 11 is 0. The summed E-state index contributed by atoms with van der Waals surface area (Å²) in [4.78, 5) is 2.40. The molecule has 0 spiro atoms. The van der Waals surface area contributed by atoms with Gasteiger partial charge in [0.2, 0.25) is 0 Å². The van der Waals surface area contributed by atoms with Crippen LogP contribution in [0.1, 0.15) is 19.3 Å². The predicted molar refractivity (Wildman–Crippen MR) is 43.9 cm³/mol. The molecule has 0 aliphatic carbocycles. The fourth-order valence-corrected chi connectivity index (χ4v) is 1.54. The maximum absolute atomic E-state index is 5.60. The lowest BCUT2D eigenvalue weighted by atomic mass is 10.0. The number of hydrogen-bond acceptors (Lipinski definition) is 2. The molecule has 0 bridgehead atoms. The summed E-state index contributed by atoms with van der Waals surface area (Å²) in [6.45, 7) is 3.38. The Morgan fingerprint density at radius 2 is 2.20 bits per heavy atom. The van der Waals surface area contributed by atoms with Gasteiger partial charge < -0.3 is 10.6 Å². The average molecular weight is 142 g/mol. The highest BCUT2D eigenvalue weighted by Crippen LogP contribution is 2.14. The first-order chi connectivity index (χ1) is 4.83. The van der Waals surface area contributed by atoms with Crippen LogP contribution in [-0.4, -0.2) is 31.6 Å². The molecular formula is C8H18N2. The topological polar surface area (TPSA) is 29.3 Å². The van der Waals surface area contributed by atoms with Crippen molar-refractivity contribution in [2.45, 2.75) is 19.3 Å². The molecule has 1 aliphatic heterocycles. The molecule has 0 aromatic rings. The van der Waals surface area contributed by atoms with Crippen molar-refractivity contribution in [3.05, 3.63) is 0 Å². The largest absolute Gasteiger partial charge is 0.330 e. The molecule has 60 valence electrons. The molecule has 1 aliphatic rings. The first-order valence-electron chi connectivity index (χ1n) is 4.21. The summed E-state index contributed by atoms with van der Waals surface area (Å²) in [6, 6.07) is 0. The second kappa shape index (κ2) is 3.94. The standard InChI is InChI=1S/C8H18N2/c1-10-5-2-3-8(7-9)4-6-10/h8H,2-7,9H2,1H3. The lowest BCUT2D eigenvalue weighted by molar-refractivity contribution is 0.342. The van der Waals surface area contributed by atoms with E-state index in [0.29, 0.717) is 0 Å². The molecule has 10 heavy (non-hydrogen) atoms. The minimum atomic E-state index is 0.796. The molecule has 1 fully saturated rings. The Hall–Kier alpha value is -0.0800. The molecule has 2 heteroatoms. The Balaban J connectivity index is 2.26. The van der Waals surface area contributed by atoms with Gasteiger partial charge in [-0.2, -0.15) is 0 Å². The highest BCUT2D eigenvalue weighted by Gasteiger charge is 2.12. The van der Waals surface area contributed by atoms with E-state index in [1.54, 1.807) is 0 Å². The lowest BCUT2D eigenvalue weighted by Crippen LogP contribution is -2.20. The predicted octanol–water partition coefficient (Wildman–Crippen LogP) is 0.677. The summed E-state index contributed by atoms with van der Waals surface area (Å²) in [5.74, 6) is 0.796. The lowest BCUT2D eigenvalue weighted by Gasteiger charge is -2.12. The van der Waals surface area contributed by atoms with E-state index in [1.807, 2.05) is 0 Å². The zero-order chi connectivity index (χ0) is 7.40. The first kappa shape index (κ1) is 8.02. The van der Waals surface area contributed by atoms with E-state index in [9.17, 15) is 0 Å². The van der Waals surface area contributed by atoms with Gasteiger partial charge in [0.05, 0.1) is 0 Å². The first-order valence-corrected chi connectivity index (χ1v) is 4.21. The SMILES string of the molecule is CN1CCCC(CN)CC1. The van der Waals surface area contributed by atoms with Crippen molar-refractivity contribution in [1.29, 1.82) is 0 Å². The zero-order valence-electron chi connectivity index (χ0n) is 6.84. The van der Waals surface area contributed by atoms with Gasteiger partial charge in [-0.15, -0.1) is 0 Å². The number of hydrogen-bond donors (Lipinski definition) is 1. The molecule has 1 heterocycles. The van der Waals surface area contributed by atoms with Crippen molar-refractivity contribution in [1.82, 2.24) is 4.90 Å². The van der Waals surface area contributed by atoms with E-state index in [0.717, 1.165) is 12.5 Å². The third kappa shape index (κ3) is 2.27. The maximum atomic E-state index is 5.60. The molecule has 2 nitrogen and oxygen atoms in total. The fourth-order valence-electron chi connectivity index (χ4n) is 1.54. The van der Waals surface area contributed by atoms with Crippen molar-refractivity contribution in [3.63, 3.8) is 0 Å². The number of rotatable bonds is 1. The van der Waals surface area contributed by atoms with Gasteiger partial charge in [0.25, 0.3) is 0 Å². The minimum absolute atomic E-state index is 0.796. The van der Waals surface area contributed by atoms with Gasteiger partial charge >= 0.3 is 0 Å². The summed E-state index contributed by atoms with van der Waals surface area (Å²) in [7, 11) is 2.19. The Labute approximate surface area is 63.4 Å². The van der Waals surface area contributed by atoms with Gasteiger partial charge in [0, 0.05) is 0 Å². The van der Waals surface area contributed by atoms with Crippen molar-refractivity contribution in [3.8, 4) is 0 Å². The molecule has 2 N–H and O–H groups in total. The highest BCUT2D eigenvalue weighted by atomic mass is 15.1. The average Bonchev–Trinajstić information content (AvgIpc) is 2.14. The monoisotopic (exact) mass is 142 g/mol. The number of nitrogens with two attached hydrogens (primary N) is 1. The van der Waals surface area contributed by atoms with Gasteiger partial charge in [-0.3, -0.25) is 0 Å². The van der Waals surface area contributed by atoms with Crippen LogP contribution in [0.3, 0.4) is 0 Å². The summed E-state index contributed by atoms with van der Waals surface area (Å²) in [6.07, 6.45) is 3.96. The molecule has 1 unspecified atom stereocenters. The van der Waals surface area contributed by atoms with E-state index in [4.69, 9.17) is 5.73 Å². The molecule has 1 saturated heterocycles. The van der Waals surface area contributed by atoms with Crippen molar-refractivity contribution >= 4 is 0 Å². The molecular weight excluding hydrogens is 124 g/mol. The van der Waals surface area contributed by atoms with Gasteiger partial charge in [-0.25, -0.2) is 0 Å². The minimum Gasteiger partial charge on any atom is -0.330 e. The van der Waals surface area contributed by atoms with Gasteiger partial charge in [-0.05, 0) is 51.9 Å². The van der Waals surface area contributed by atoms with E-state index in [-0.39, 0.29) is 0 Å². The smallest absolute Gasteiger partial charge is 0.00187 e. The van der Waals surface area contributed by atoms with Gasteiger partial charge in [0.15, 0.2) is 0 Å².